The van der Waals surface area contributed by atoms with Gasteiger partial charge in [-0.2, -0.15) is 0 Å². The molecule has 1 aliphatic heterocycles. The number of rotatable bonds is 4. The fourth-order valence-corrected chi connectivity index (χ4v) is 4.01. The van der Waals surface area contributed by atoms with Gasteiger partial charge in [-0.25, -0.2) is 21.5 Å². The van der Waals surface area contributed by atoms with Gasteiger partial charge in [-0.1, -0.05) is 0 Å². The molecule has 1 aliphatic rings. The van der Waals surface area contributed by atoms with Gasteiger partial charge in [0.05, 0.1) is 0 Å². The summed E-state index contributed by atoms with van der Waals surface area (Å²) in [7, 11) is -0.521. The second-order valence-corrected chi connectivity index (χ2v) is 7.75. The maximum Gasteiger partial charge on any atom is 0.245 e. The SMILES string of the molecule is Cc1cc(S(=O)(=O)N(C)CC2CCN(C)C2)c(F)cc1F. The van der Waals surface area contributed by atoms with Crippen LogP contribution in [0.25, 0.3) is 0 Å². The zero-order valence-electron chi connectivity index (χ0n) is 12.4. The summed E-state index contributed by atoms with van der Waals surface area (Å²) in [5.74, 6) is -1.56. The van der Waals surface area contributed by atoms with E-state index in [0.29, 0.717) is 12.6 Å². The van der Waals surface area contributed by atoms with E-state index in [1.165, 1.54) is 14.0 Å². The Labute approximate surface area is 124 Å². The molecule has 0 N–H and O–H groups in total. The monoisotopic (exact) mass is 318 g/mol. The van der Waals surface area contributed by atoms with Crippen LogP contribution in [0, 0.1) is 24.5 Å². The van der Waals surface area contributed by atoms with Crippen molar-refractivity contribution in [1.82, 2.24) is 9.21 Å². The van der Waals surface area contributed by atoms with Crippen LogP contribution < -0.4 is 0 Å². The summed E-state index contributed by atoms with van der Waals surface area (Å²) < 4.78 is 53.1. The van der Waals surface area contributed by atoms with Crippen LogP contribution in [0.1, 0.15) is 12.0 Å². The van der Waals surface area contributed by atoms with Gasteiger partial charge in [-0.3, -0.25) is 0 Å². The quantitative estimate of drug-likeness (QED) is 0.851. The van der Waals surface area contributed by atoms with Crippen LogP contribution in [0.4, 0.5) is 8.78 Å². The molecular formula is C14H20F2N2O2S. The molecule has 0 bridgehead atoms. The second-order valence-electron chi connectivity index (χ2n) is 5.73. The number of aryl methyl sites for hydroxylation is 1. The van der Waals surface area contributed by atoms with Gasteiger partial charge in [0.25, 0.3) is 0 Å². The van der Waals surface area contributed by atoms with Gasteiger partial charge >= 0.3 is 0 Å². The van der Waals surface area contributed by atoms with Gasteiger partial charge in [0.15, 0.2) is 0 Å². The Kier molecular flexibility index (Phi) is 4.65. The molecular weight excluding hydrogens is 298 g/mol. The molecule has 0 aliphatic carbocycles. The minimum absolute atomic E-state index is 0.115. The molecule has 1 aromatic rings. The van der Waals surface area contributed by atoms with Crippen molar-refractivity contribution in [2.45, 2.75) is 18.2 Å². The summed E-state index contributed by atoms with van der Waals surface area (Å²) in [4.78, 5) is 1.67. The standard InChI is InChI=1S/C14H20F2N2O2S/c1-10-6-14(13(16)7-12(10)15)21(19,20)18(3)9-11-4-5-17(2)8-11/h6-7,11H,4-5,8-9H2,1-3H3. The molecule has 7 heteroatoms. The number of halogens is 2. The van der Waals surface area contributed by atoms with E-state index < -0.39 is 26.6 Å². The highest BCUT2D eigenvalue weighted by Gasteiger charge is 2.29. The lowest BCUT2D eigenvalue weighted by atomic mass is 10.1. The first kappa shape index (κ1) is 16.3. The number of hydrogen-bond donors (Lipinski definition) is 0. The van der Waals surface area contributed by atoms with E-state index in [2.05, 4.69) is 4.90 Å². The molecule has 21 heavy (non-hydrogen) atoms. The molecule has 2 rings (SSSR count). The van der Waals surface area contributed by atoms with E-state index in [1.54, 1.807) is 0 Å². The molecule has 0 spiro atoms. The van der Waals surface area contributed by atoms with E-state index in [1.807, 2.05) is 7.05 Å². The highest BCUT2D eigenvalue weighted by Crippen LogP contribution is 2.24. The Morgan fingerprint density at radius 2 is 2.00 bits per heavy atom. The zero-order valence-corrected chi connectivity index (χ0v) is 13.3. The Morgan fingerprint density at radius 3 is 2.57 bits per heavy atom. The van der Waals surface area contributed by atoms with Crippen molar-refractivity contribution in [2.75, 3.05) is 33.7 Å². The van der Waals surface area contributed by atoms with Crippen LogP contribution in [0.2, 0.25) is 0 Å². The number of nitrogens with zero attached hydrogens (tertiary/aromatic N) is 2. The number of sulfonamides is 1. The summed E-state index contributed by atoms with van der Waals surface area (Å²) in [6.45, 7) is 3.51. The third kappa shape index (κ3) is 3.41. The van der Waals surface area contributed by atoms with Crippen molar-refractivity contribution in [3.8, 4) is 0 Å². The van der Waals surface area contributed by atoms with Crippen LogP contribution in [0.5, 0.6) is 0 Å². The lowest BCUT2D eigenvalue weighted by Gasteiger charge is -2.21. The second kappa shape index (κ2) is 5.98. The van der Waals surface area contributed by atoms with Crippen molar-refractivity contribution in [3.63, 3.8) is 0 Å². The average Bonchev–Trinajstić information content (AvgIpc) is 2.79. The molecule has 0 radical (unpaired) electrons. The molecule has 0 amide bonds. The Balaban J connectivity index is 2.23. The first-order valence-corrected chi connectivity index (χ1v) is 8.26. The van der Waals surface area contributed by atoms with E-state index in [9.17, 15) is 17.2 Å². The number of likely N-dealkylation sites (tertiary alicyclic amines) is 1. The maximum absolute atomic E-state index is 13.8. The molecule has 1 saturated heterocycles. The summed E-state index contributed by atoms with van der Waals surface area (Å²) in [6.07, 6.45) is 0.918. The van der Waals surface area contributed by atoms with Gasteiger partial charge in [0.1, 0.15) is 16.5 Å². The van der Waals surface area contributed by atoms with Gasteiger partial charge in [0.2, 0.25) is 10.0 Å². The topological polar surface area (TPSA) is 40.6 Å². The minimum Gasteiger partial charge on any atom is -0.306 e. The van der Waals surface area contributed by atoms with Crippen molar-refractivity contribution < 1.29 is 17.2 Å². The predicted octanol–water partition coefficient (Wildman–Crippen LogP) is 1.85. The predicted molar refractivity (Wildman–Crippen MR) is 76.5 cm³/mol. The van der Waals surface area contributed by atoms with Crippen LogP contribution in [0.3, 0.4) is 0 Å². The van der Waals surface area contributed by atoms with E-state index >= 15 is 0 Å². The Hall–Kier alpha value is -1.05. The van der Waals surface area contributed by atoms with Gasteiger partial charge in [-0.05, 0) is 44.5 Å². The largest absolute Gasteiger partial charge is 0.306 e. The van der Waals surface area contributed by atoms with Gasteiger partial charge in [-0.15, -0.1) is 0 Å². The molecule has 4 nitrogen and oxygen atoms in total. The molecule has 0 saturated carbocycles. The molecule has 118 valence electrons. The smallest absolute Gasteiger partial charge is 0.245 e. The van der Waals surface area contributed by atoms with Gasteiger partial charge < -0.3 is 4.90 Å². The molecule has 0 aromatic heterocycles. The summed E-state index contributed by atoms with van der Waals surface area (Å²) in [6, 6.07) is 1.68. The van der Waals surface area contributed by atoms with Crippen LogP contribution in [-0.4, -0.2) is 51.4 Å². The van der Waals surface area contributed by atoms with E-state index in [-0.39, 0.29) is 11.5 Å². The van der Waals surface area contributed by atoms with Crippen molar-refractivity contribution in [3.05, 3.63) is 29.3 Å². The third-order valence-corrected chi connectivity index (χ3v) is 5.74. The lowest BCUT2D eigenvalue weighted by molar-refractivity contribution is 0.356. The molecule has 1 fully saturated rings. The normalized spacial score (nSPS) is 20.4. The van der Waals surface area contributed by atoms with Crippen LogP contribution in [-0.2, 0) is 10.0 Å². The van der Waals surface area contributed by atoms with E-state index in [0.717, 1.165) is 29.9 Å². The fourth-order valence-electron chi connectivity index (χ4n) is 2.63. The minimum atomic E-state index is -3.94. The number of hydrogen-bond acceptors (Lipinski definition) is 3. The lowest BCUT2D eigenvalue weighted by Crippen LogP contribution is -2.33. The Morgan fingerprint density at radius 1 is 1.33 bits per heavy atom. The zero-order chi connectivity index (χ0) is 15.8. The maximum atomic E-state index is 13.8. The van der Waals surface area contributed by atoms with E-state index in [4.69, 9.17) is 0 Å². The summed E-state index contributed by atoms with van der Waals surface area (Å²) >= 11 is 0. The van der Waals surface area contributed by atoms with Crippen molar-refractivity contribution in [2.24, 2.45) is 5.92 Å². The molecule has 1 atom stereocenters. The van der Waals surface area contributed by atoms with Gasteiger partial charge in [0, 0.05) is 26.2 Å². The summed E-state index contributed by atoms with van der Waals surface area (Å²) in [5, 5.41) is 0. The van der Waals surface area contributed by atoms with Crippen LogP contribution in [0.15, 0.2) is 17.0 Å². The number of benzene rings is 1. The van der Waals surface area contributed by atoms with Crippen molar-refractivity contribution >= 4 is 10.0 Å². The first-order valence-electron chi connectivity index (χ1n) is 6.82. The highest BCUT2D eigenvalue weighted by atomic mass is 32.2. The molecule has 1 unspecified atom stereocenters. The summed E-state index contributed by atoms with van der Waals surface area (Å²) in [5.41, 5.74) is 0.115. The third-order valence-electron chi connectivity index (χ3n) is 3.91. The molecule has 1 aromatic carbocycles. The highest BCUT2D eigenvalue weighted by molar-refractivity contribution is 7.89. The van der Waals surface area contributed by atoms with Crippen molar-refractivity contribution in [1.29, 1.82) is 0 Å². The Bertz CT molecular complexity index is 634. The average molecular weight is 318 g/mol. The first-order chi connectivity index (χ1) is 9.71. The molecule has 1 heterocycles. The fraction of sp³-hybridized carbons (Fsp3) is 0.571. The van der Waals surface area contributed by atoms with Crippen LogP contribution >= 0.6 is 0 Å².